The third-order valence-electron chi connectivity index (χ3n) is 5.93. The number of amides is 1. The molecule has 2 aromatic heterocycles. The fraction of sp³-hybridized carbons (Fsp3) is 0.450. The van der Waals surface area contributed by atoms with E-state index in [1.807, 2.05) is 17.0 Å². The Morgan fingerprint density at radius 2 is 1.83 bits per heavy atom. The molecule has 10 nitrogen and oxygen atoms in total. The molecule has 4 heterocycles. The zero-order valence-electron chi connectivity index (χ0n) is 17.2. The van der Waals surface area contributed by atoms with Crippen molar-refractivity contribution in [2.24, 2.45) is 13.0 Å². The molecule has 2 aliphatic rings. The zero-order chi connectivity index (χ0) is 20.8. The SMILES string of the molecule is COc1cc2c(cc1OC)CN(C(=O)C1CN(c3ncnc4c3nnn4C)C1)CC2. The third kappa shape index (κ3) is 2.90. The Balaban J connectivity index is 1.28. The first-order valence-corrected chi connectivity index (χ1v) is 9.87. The normalized spacial score (nSPS) is 16.4. The minimum Gasteiger partial charge on any atom is -0.493 e. The summed E-state index contributed by atoms with van der Waals surface area (Å²) in [5.41, 5.74) is 3.67. The molecule has 5 rings (SSSR count). The summed E-state index contributed by atoms with van der Waals surface area (Å²) in [6.07, 6.45) is 2.32. The van der Waals surface area contributed by atoms with Crippen molar-refractivity contribution in [3.8, 4) is 11.5 Å². The minimum absolute atomic E-state index is 0.0478. The van der Waals surface area contributed by atoms with Crippen molar-refractivity contribution in [3.63, 3.8) is 0 Å². The minimum atomic E-state index is -0.0478. The van der Waals surface area contributed by atoms with Crippen LogP contribution in [0.25, 0.3) is 11.2 Å². The predicted octanol–water partition coefficient (Wildman–Crippen LogP) is 0.797. The van der Waals surface area contributed by atoms with Crippen molar-refractivity contribution in [2.75, 3.05) is 38.8 Å². The molecule has 0 bridgehead atoms. The van der Waals surface area contributed by atoms with Gasteiger partial charge in [-0.05, 0) is 29.7 Å². The van der Waals surface area contributed by atoms with Gasteiger partial charge in [-0.15, -0.1) is 5.10 Å². The Hall–Kier alpha value is -3.43. The maximum Gasteiger partial charge on any atom is 0.229 e. The molecule has 1 aromatic carbocycles. The molecule has 0 atom stereocenters. The molecule has 0 spiro atoms. The summed E-state index contributed by atoms with van der Waals surface area (Å²) >= 11 is 0. The van der Waals surface area contributed by atoms with Crippen LogP contribution < -0.4 is 14.4 Å². The lowest BCUT2D eigenvalue weighted by molar-refractivity contribution is -0.137. The fourth-order valence-corrected chi connectivity index (χ4v) is 4.21. The van der Waals surface area contributed by atoms with Crippen LogP contribution in [0.3, 0.4) is 0 Å². The second-order valence-electron chi connectivity index (χ2n) is 7.67. The second kappa shape index (κ2) is 7.12. The van der Waals surface area contributed by atoms with Crippen molar-refractivity contribution in [2.45, 2.75) is 13.0 Å². The van der Waals surface area contributed by atoms with E-state index in [4.69, 9.17) is 9.47 Å². The average Bonchev–Trinajstić information content (AvgIpc) is 3.12. The quantitative estimate of drug-likeness (QED) is 0.624. The van der Waals surface area contributed by atoms with Gasteiger partial charge in [0.1, 0.15) is 6.33 Å². The van der Waals surface area contributed by atoms with Gasteiger partial charge in [-0.3, -0.25) is 4.79 Å². The van der Waals surface area contributed by atoms with Gasteiger partial charge < -0.3 is 19.3 Å². The van der Waals surface area contributed by atoms with Gasteiger partial charge in [0.25, 0.3) is 0 Å². The standard InChI is InChI=1S/C20H23N7O3/c1-25-18-17(23-24-25)19(22-11-21-18)27-9-14(10-27)20(28)26-5-4-12-6-15(29-2)16(30-3)7-13(12)8-26/h6-7,11,14H,4-5,8-10H2,1-3H3. The largest absolute Gasteiger partial charge is 0.493 e. The van der Waals surface area contributed by atoms with Gasteiger partial charge in [-0.1, -0.05) is 5.21 Å². The molecule has 0 saturated carbocycles. The number of hydrogen-bond donors (Lipinski definition) is 0. The highest BCUT2D eigenvalue weighted by Crippen LogP contribution is 2.34. The average molecular weight is 409 g/mol. The molecule has 0 aliphatic carbocycles. The summed E-state index contributed by atoms with van der Waals surface area (Å²) in [7, 11) is 5.06. The summed E-state index contributed by atoms with van der Waals surface area (Å²) in [5, 5.41) is 8.18. The number of aryl methyl sites for hydroxylation is 1. The molecule has 1 amide bonds. The molecule has 0 unspecified atom stereocenters. The topological polar surface area (TPSA) is 98.5 Å². The lowest BCUT2D eigenvalue weighted by atomic mass is 9.94. The number of carbonyl (C=O) groups excluding carboxylic acids is 1. The molecule has 156 valence electrons. The summed E-state index contributed by atoms with van der Waals surface area (Å²) in [6.45, 7) is 2.54. The van der Waals surface area contributed by atoms with Gasteiger partial charge in [0.15, 0.2) is 28.5 Å². The molecular formula is C20H23N7O3. The van der Waals surface area contributed by atoms with Crippen molar-refractivity contribution in [1.82, 2.24) is 29.9 Å². The van der Waals surface area contributed by atoms with E-state index in [-0.39, 0.29) is 11.8 Å². The van der Waals surface area contributed by atoms with Crippen molar-refractivity contribution >= 4 is 22.9 Å². The van der Waals surface area contributed by atoms with Crippen LogP contribution >= 0.6 is 0 Å². The monoisotopic (exact) mass is 409 g/mol. The van der Waals surface area contributed by atoms with E-state index in [1.165, 1.54) is 11.9 Å². The van der Waals surface area contributed by atoms with Gasteiger partial charge >= 0.3 is 0 Å². The first-order chi connectivity index (χ1) is 14.6. The zero-order valence-corrected chi connectivity index (χ0v) is 17.2. The maximum absolute atomic E-state index is 13.1. The number of hydrogen-bond acceptors (Lipinski definition) is 8. The lowest BCUT2D eigenvalue weighted by Crippen LogP contribution is -2.55. The summed E-state index contributed by atoms with van der Waals surface area (Å²) in [4.78, 5) is 25.7. The molecule has 2 aliphatic heterocycles. The van der Waals surface area contributed by atoms with Crippen LogP contribution in [0.2, 0.25) is 0 Å². The molecule has 1 fully saturated rings. The summed E-state index contributed by atoms with van der Waals surface area (Å²) < 4.78 is 12.4. The van der Waals surface area contributed by atoms with Crippen LogP contribution in [0.1, 0.15) is 11.1 Å². The van der Waals surface area contributed by atoms with E-state index in [0.717, 1.165) is 23.6 Å². The van der Waals surface area contributed by atoms with Crippen LogP contribution in [-0.2, 0) is 24.8 Å². The van der Waals surface area contributed by atoms with Crippen LogP contribution in [-0.4, -0.2) is 69.6 Å². The third-order valence-corrected chi connectivity index (χ3v) is 5.93. The number of nitrogens with zero attached hydrogens (tertiary/aromatic N) is 7. The number of aromatic nitrogens is 5. The van der Waals surface area contributed by atoms with Crippen molar-refractivity contribution < 1.29 is 14.3 Å². The number of anilines is 1. The number of rotatable bonds is 4. The van der Waals surface area contributed by atoms with Crippen LogP contribution in [0.5, 0.6) is 11.5 Å². The summed E-state index contributed by atoms with van der Waals surface area (Å²) in [5.74, 6) is 2.28. The number of carbonyl (C=O) groups is 1. The van der Waals surface area contributed by atoms with Gasteiger partial charge in [0, 0.05) is 33.2 Å². The van der Waals surface area contributed by atoms with Gasteiger partial charge in [0.05, 0.1) is 20.1 Å². The Kier molecular flexibility index (Phi) is 4.41. The lowest BCUT2D eigenvalue weighted by Gasteiger charge is -2.42. The highest BCUT2D eigenvalue weighted by Gasteiger charge is 2.38. The maximum atomic E-state index is 13.1. The Bertz CT molecular complexity index is 1120. The molecule has 1 saturated heterocycles. The van der Waals surface area contributed by atoms with Crippen LogP contribution in [0, 0.1) is 5.92 Å². The Morgan fingerprint density at radius 3 is 2.57 bits per heavy atom. The van der Waals surface area contributed by atoms with E-state index in [1.54, 1.807) is 25.9 Å². The van der Waals surface area contributed by atoms with Gasteiger partial charge in [-0.2, -0.15) is 0 Å². The van der Waals surface area contributed by atoms with Crippen molar-refractivity contribution in [1.29, 1.82) is 0 Å². The number of fused-ring (bicyclic) bond motifs is 2. The highest BCUT2D eigenvalue weighted by atomic mass is 16.5. The number of ether oxygens (including phenoxy) is 2. The summed E-state index contributed by atoms with van der Waals surface area (Å²) in [6, 6.07) is 3.99. The van der Waals surface area contributed by atoms with E-state index in [0.29, 0.717) is 43.1 Å². The van der Waals surface area contributed by atoms with Crippen LogP contribution in [0.15, 0.2) is 18.5 Å². The number of methoxy groups -OCH3 is 2. The predicted molar refractivity (Wildman–Crippen MR) is 108 cm³/mol. The van der Waals surface area contributed by atoms with E-state index in [9.17, 15) is 4.79 Å². The van der Waals surface area contributed by atoms with E-state index >= 15 is 0 Å². The first kappa shape index (κ1) is 18.6. The number of benzene rings is 1. The van der Waals surface area contributed by atoms with Crippen LogP contribution in [0.4, 0.5) is 5.82 Å². The second-order valence-corrected chi connectivity index (χ2v) is 7.67. The van der Waals surface area contributed by atoms with Gasteiger partial charge in [0.2, 0.25) is 5.91 Å². The fourth-order valence-electron chi connectivity index (χ4n) is 4.21. The Morgan fingerprint density at radius 1 is 1.10 bits per heavy atom. The molecular weight excluding hydrogens is 386 g/mol. The highest BCUT2D eigenvalue weighted by molar-refractivity contribution is 5.86. The smallest absolute Gasteiger partial charge is 0.229 e. The van der Waals surface area contributed by atoms with Crippen molar-refractivity contribution in [3.05, 3.63) is 29.6 Å². The molecule has 30 heavy (non-hydrogen) atoms. The van der Waals surface area contributed by atoms with E-state index < -0.39 is 0 Å². The first-order valence-electron chi connectivity index (χ1n) is 9.87. The van der Waals surface area contributed by atoms with E-state index in [2.05, 4.69) is 25.2 Å². The molecule has 3 aromatic rings. The molecule has 0 radical (unpaired) electrons. The Labute approximate surface area is 173 Å². The molecule has 0 N–H and O–H groups in total. The molecule has 10 heteroatoms. The van der Waals surface area contributed by atoms with Gasteiger partial charge in [-0.25, -0.2) is 14.6 Å².